The Labute approximate surface area is 91.5 Å². The molecule has 0 aromatic carbocycles. The summed E-state index contributed by atoms with van der Waals surface area (Å²) in [4.78, 5) is 15.4. The van der Waals surface area contributed by atoms with Crippen LogP contribution in [0.3, 0.4) is 0 Å². The van der Waals surface area contributed by atoms with Gasteiger partial charge >= 0.3 is 5.97 Å². The fraction of sp³-hybridized carbons (Fsp3) is 0.300. The smallest absolute Gasteiger partial charge is 0.343 e. The molecule has 2 aromatic heterocycles. The van der Waals surface area contributed by atoms with E-state index in [2.05, 4.69) is 10.1 Å². The predicted molar refractivity (Wildman–Crippen MR) is 55.9 cm³/mol. The monoisotopic (exact) mass is 221 g/mol. The van der Waals surface area contributed by atoms with Crippen LogP contribution in [0.5, 0.6) is 5.88 Å². The van der Waals surface area contributed by atoms with Crippen LogP contribution < -0.4 is 4.74 Å². The highest BCUT2D eigenvalue weighted by atomic mass is 16.5. The number of methoxy groups -OCH3 is 1. The first-order valence-electron chi connectivity index (χ1n) is 4.83. The molecule has 0 saturated heterocycles. The molecule has 0 aliphatic carbocycles. The van der Waals surface area contributed by atoms with E-state index in [-0.39, 0.29) is 11.4 Å². The summed E-state index contributed by atoms with van der Waals surface area (Å²) in [6.45, 7) is 1.85. The number of carbonyl (C=O) groups is 1. The molecule has 16 heavy (non-hydrogen) atoms. The molecular weight excluding hydrogens is 210 g/mol. The van der Waals surface area contributed by atoms with Crippen molar-refractivity contribution in [2.75, 3.05) is 7.11 Å². The Hall–Kier alpha value is -2.11. The van der Waals surface area contributed by atoms with Gasteiger partial charge in [0.05, 0.1) is 19.0 Å². The van der Waals surface area contributed by atoms with Crippen LogP contribution in [-0.4, -0.2) is 32.8 Å². The highest BCUT2D eigenvalue weighted by Crippen LogP contribution is 2.22. The lowest BCUT2D eigenvalue weighted by Gasteiger charge is -2.10. The summed E-state index contributed by atoms with van der Waals surface area (Å²) in [6, 6.07) is 1.70. The summed E-state index contributed by atoms with van der Waals surface area (Å²) in [7, 11) is 1.42. The molecule has 84 valence electrons. The van der Waals surface area contributed by atoms with E-state index in [4.69, 9.17) is 9.84 Å². The number of hydrogen-bond donors (Lipinski definition) is 1. The van der Waals surface area contributed by atoms with Crippen molar-refractivity contribution in [2.24, 2.45) is 0 Å². The molecule has 0 aliphatic heterocycles. The summed E-state index contributed by atoms with van der Waals surface area (Å²) in [5.74, 6) is -0.849. The van der Waals surface area contributed by atoms with Gasteiger partial charge in [-0.2, -0.15) is 9.61 Å². The molecule has 0 amide bonds. The molecule has 0 aliphatic rings. The summed E-state index contributed by atoms with van der Waals surface area (Å²) in [5.41, 5.74) is 1.15. The zero-order valence-corrected chi connectivity index (χ0v) is 8.97. The maximum absolute atomic E-state index is 11.2. The summed E-state index contributed by atoms with van der Waals surface area (Å²) in [5, 5.41) is 13.1. The fourth-order valence-electron chi connectivity index (χ4n) is 1.62. The average Bonchev–Trinajstić information content (AvgIpc) is 2.73. The van der Waals surface area contributed by atoms with Gasteiger partial charge in [0.1, 0.15) is 5.56 Å². The number of fused-ring (bicyclic) bond motifs is 1. The third kappa shape index (κ3) is 1.39. The standard InChI is InChI=1S/C10H11N3O3/c1-3-6-8(10(14)15)9(16-2)13-7(12-6)4-5-11-13/h4-5H,3H2,1-2H3,(H,14,15). The minimum absolute atomic E-state index is 0.0706. The van der Waals surface area contributed by atoms with E-state index in [1.165, 1.54) is 11.6 Å². The van der Waals surface area contributed by atoms with Crippen molar-refractivity contribution in [3.05, 3.63) is 23.5 Å². The number of carboxylic acid groups (broad SMARTS) is 1. The molecule has 2 aromatic rings. The average molecular weight is 221 g/mol. The number of hydrogen-bond acceptors (Lipinski definition) is 4. The minimum Gasteiger partial charge on any atom is -0.480 e. The van der Waals surface area contributed by atoms with Gasteiger partial charge in [-0.25, -0.2) is 9.78 Å². The molecule has 0 radical (unpaired) electrons. The molecular formula is C10H11N3O3. The largest absolute Gasteiger partial charge is 0.480 e. The third-order valence-corrected chi connectivity index (χ3v) is 2.31. The lowest BCUT2D eigenvalue weighted by Crippen LogP contribution is -2.11. The van der Waals surface area contributed by atoms with Gasteiger partial charge in [-0.1, -0.05) is 6.92 Å². The van der Waals surface area contributed by atoms with Crippen molar-refractivity contribution in [3.8, 4) is 5.88 Å². The van der Waals surface area contributed by atoms with Gasteiger partial charge in [0.15, 0.2) is 5.65 Å². The Kier molecular flexibility index (Phi) is 2.47. The SMILES string of the molecule is CCc1nc2ccnn2c(OC)c1C(=O)O. The van der Waals surface area contributed by atoms with E-state index >= 15 is 0 Å². The van der Waals surface area contributed by atoms with Crippen molar-refractivity contribution < 1.29 is 14.6 Å². The first-order chi connectivity index (χ1) is 7.69. The van der Waals surface area contributed by atoms with Gasteiger partial charge in [0.25, 0.3) is 0 Å². The van der Waals surface area contributed by atoms with E-state index in [0.717, 1.165) is 0 Å². The summed E-state index contributed by atoms with van der Waals surface area (Å²) >= 11 is 0. The molecule has 6 heteroatoms. The van der Waals surface area contributed by atoms with E-state index in [1.807, 2.05) is 6.92 Å². The lowest BCUT2D eigenvalue weighted by atomic mass is 10.2. The Morgan fingerprint density at radius 2 is 2.38 bits per heavy atom. The zero-order chi connectivity index (χ0) is 11.7. The van der Waals surface area contributed by atoms with E-state index in [1.54, 1.807) is 12.3 Å². The molecule has 2 rings (SSSR count). The molecule has 0 unspecified atom stereocenters. The van der Waals surface area contributed by atoms with Crippen LogP contribution in [0.2, 0.25) is 0 Å². The van der Waals surface area contributed by atoms with Crippen LogP contribution in [-0.2, 0) is 6.42 Å². The van der Waals surface area contributed by atoms with Crippen molar-refractivity contribution in [1.82, 2.24) is 14.6 Å². The van der Waals surface area contributed by atoms with Gasteiger partial charge in [-0.05, 0) is 6.42 Å². The third-order valence-electron chi connectivity index (χ3n) is 2.31. The normalized spacial score (nSPS) is 10.6. The van der Waals surface area contributed by atoms with Gasteiger partial charge in [-0.3, -0.25) is 0 Å². The van der Waals surface area contributed by atoms with Gasteiger partial charge in [0.2, 0.25) is 5.88 Å². The summed E-state index contributed by atoms with van der Waals surface area (Å²) < 4.78 is 6.48. The molecule has 0 bridgehead atoms. The van der Waals surface area contributed by atoms with Gasteiger partial charge < -0.3 is 9.84 Å². The molecule has 6 nitrogen and oxygen atoms in total. The fourth-order valence-corrected chi connectivity index (χ4v) is 1.62. The molecule has 0 atom stereocenters. The van der Waals surface area contributed by atoms with Gasteiger partial charge in [-0.15, -0.1) is 0 Å². The first-order valence-corrected chi connectivity index (χ1v) is 4.83. The second-order valence-electron chi connectivity index (χ2n) is 3.20. The number of aromatic carboxylic acids is 1. The van der Waals surface area contributed by atoms with E-state index in [9.17, 15) is 4.79 Å². The van der Waals surface area contributed by atoms with E-state index < -0.39 is 5.97 Å². The second kappa shape index (κ2) is 3.80. The Bertz CT molecular complexity index is 547. The molecule has 1 N–H and O–H groups in total. The van der Waals surface area contributed by atoms with Crippen molar-refractivity contribution >= 4 is 11.6 Å². The Balaban J connectivity index is 2.86. The van der Waals surface area contributed by atoms with Gasteiger partial charge in [0, 0.05) is 6.07 Å². The topological polar surface area (TPSA) is 76.7 Å². The number of aryl methyl sites for hydroxylation is 1. The maximum Gasteiger partial charge on any atom is 0.343 e. The first kappa shape index (κ1) is 10.4. The van der Waals surface area contributed by atoms with Crippen molar-refractivity contribution in [3.63, 3.8) is 0 Å². The van der Waals surface area contributed by atoms with Crippen LogP contribution in [0.25, 0.3) is 5.65 Å². The second-order valence-corrected chi connectivity index (χ2v) is 3.20. The van der Waals surface area contributed by atoms with E-state index in [0.29, 0.717) is 17.8 Å². The van der Waals surface area contributed by atoms with Crippen LogP contribution in [0, 0.1) is 0 Å². The number of carboxylic acids is 1. The maximum atomic E-state index is 11.2. The Morgan fingerprint density at radius 1 is 1.62 bits per heavy atom. The molecule has 0 spiro atoms. The number of aromatic nitrogens is 3. The minimum atomic E-state index is -1.06. The van der Waals surface area contributed by atoms with Crippen LogP contribution >= 0.6 is 0 Å². The molecule has 0 fully saturated rings. The zero-order valence-electron chi connectivity index (χ0n) is 8.97. The highest BCUT2D eigenvalue weighted by molar-refractivity contribution is 5.92. The van der Waals surface area contributed by atoms with Crippen molar-refractivity contribution in [2.45, 2.75) is 13.3 Å². The number of ether oxygens (including phenoxy) is 1. The quantitative estimate of drug-likeness (QED) is 0.836. The number of rotatable bonds is 3. The summed E-state index contributed by atoms with van der Waals surface area (Å²) in [6.07, 6.45) is 2.08. The highest BCUT2D eigenvalue weighted by Gasteiger charge is 2.21. The van der Waals surface area contributed by atoms with Crippen molar-refractivity contribution in [1.29, 1.82) is 0 Å². The Morgan fingerprint density at radius 3 is 2.94 bits per heavy atom. The lowest BCUT2D eigenvalue weighted by molar-refractivity contribution is 0.0690. The number of nitrogens with zero attached hydrogens (tertiary/aromatic N) is 3. The van der Waals surface area contributed by atoms with Crippen LogP contribution in [0.1, 0.15) is 23.0 Å². The van der Waals surface area contributed by atoms with Crippen LogP contribution in [0.4, 0.5) is 0 Å². The predicted octanol–water partition coefficient (Wildman–Crippen LogP) is 0.998. The van der Waals surface area contributed by atoms with Crippen LogP contribution in [0.15, 0.2) is 12.3 Å². The molecule has 0 saturated carbocycles. The molecule has 2 heterocycles.